The van der Waals surface area contributed by atoms with Crippen molar-refractivity contribution in [1.82, 2.24) is 5.32 Å². The summed E-state index contributed by atoms with van der Waals surface area (Å²) in [7, 11) is 3.28. The largest absolute Gasteiger partial charge is 0.493 e. The van der Waals surface area contributed by atoms with Crippen molar-refractivity contribution < 1.29 is 14.2 Å². The van der Waals surface area contributed by atoms with Crippen LogP contribution in [0.15, 0.2) is 12.1 Å². The van der Waals surface area contributed by atoms with E-state index in [9.17, 15) is 0 Å². The molecule has 0 radical (unpaired) electrons. The topological polar surface area (TPSA) is 39.7 Å². The average Bonchev–Trinajstić information content (AvgIpc) is 2.23. The number of rotatable bonds is 4. The van der Waals surface area contributed by atoms with Gasteiger partial charge in [0.25, 0.3) is 0 Å². The van der Waals surface area contributed by atoms with Crippen molar-refractivity contribution in [3.05, 3.63) is 17.7 Å². The van der Waals surface area contributed by atoms with Crippen molar-refractivity contribution in [3.63, 3.8) is 0 Å². The van der Waals surface area contributed by atoms with Gasteiger partial charge in [-0.25, -0.2) is 0 Å². The molecule has 0 unspecified atom stereocenters. The highest BCUT2D eigenvalue weighted by Gasteiger charge is 2.22. The molecule has 1 fully saturated rings. The molecule has 1 aliphatic heterocycles. The Hall–Kier alpha value is -1.42. The molecule has 1 saturated heterocycles. The summed E-state index contributed by atoms with van der Waals surface area (Å²) in [6.45, 7) is 3.75. The average molecular weight is 223 g/mol. The minimum absolute atomic E-state index is 0.213. The standard InChI is InChI=1S/C12H17NO3/c1-8-4-10(14-2)12(11(5-8)15-3)16-9-6-13-7-9/h4-5,9,13H,6-7H2,1-3H3. The fourth-order valence-corrected chi connectivity index (χ4v) is 1.64. The third-order valence-electron chi connectivity index (χ3n) is 2.63. The minimum Gasteiger partial charge on any atom is -0.493 e. The summed E-state index contributed by atoms with van der Waals surface area (Å²) in [4.78, 5) is 0. The van der Waals surface area contributed by atoms with Gasteiger partial charge in [-0.1, -0.05) is 0 Å². The SMILES string of the molecule is COc1cc(C)cc(OC)c1OC1CNC1. The van der Waals surface area contributed by atoms with Crippen LogP contribution in [-0.2, 0) is 0 Å². The van der Waals surface area contributed by atoms with Crippen LogP contribution < -0.4 is 19.5 Å². The van der Waals surface area contributed by atoms with E-state index in [1.165, 1.54) is 0 Å². The second kappa shape index (κ2) is 4.61. The number of nitrogens with one attached hydrogen (secondary N) is 1. The normalized spacial score (nSPS) is 15.4. The van der Waals surface area contributed by atoms with E-state index in [1.807, 2.05) is 19.1 Å². The first kappa shape index (κ1) is 11.1. The first-order chi connectivity index (χ1) is 7.74. The van der Waals surface area contributed by atoms with E-state index in [4.69, 9.17) is 14.2 Å². The Morgan fingerprint density at radius 3 is 2.06 bits per heavy atom. The predicted molar refractivity (Wildman–Crippen MR) is 61.6 cm³/mol. The zero-order chi connectivity index (χ0) is 11.5. The maximum Gasteiger partial charge on any atom is 0.203 e. The van der Waals surface area contributed by atoms with E-state index >= 15 is 0 Å². The van der Waals surface area contributed by atoms with Crippen LogP contribution in [0.5, 0.6) is 17.2 Å². The van der Waals surface area contributed by atoms with Crippen LogP contribution in [0.2, 0.25) is 0 Å². The van der Waals surface area contributed by atoms with Gasteiger partial charge in [0.2, 0.25) is 5.75 Å². The molecule has 1 aliphatic rings. The van der Waals surface area contributed by atoms with E-state index in [0.717, 1.165) is 30.2 Å². The van der Waals surface area contributed by atoms with Gasteiger partial charge in [0.15, 0.2) is 11.5 Å². The highest BCUT2D eigenvalue weighted by molar-refractivity contribution is 5.53. The van der Waals surface area contributed by atoms with Gasteiger partial charge >= 0.3 is 0 Å². The molecule has 88 valence electrons. The maximum atomic E-state index is 5.84. The molecule has 2 rings (SSSR count). The van der Waals surface area contributed by atoms with E-state index in [0.29, 0.717) is 5.75 Å². The first-order valence-electron chi connectivity index (χ1n) is 5.34. The second-order valence-corrected chi connectivity index (χ2v) is 3.90. The van der Waals surface area contributed by atoms with Crippen molar-refractivity contribution in [2.45, 2.75) is 13.0 Å². The van der Waals surface area contributed by atoms with Crippen LogP contribution in [0.3, 0.4) is 0 Å². The van der Waals surface area contributed by atoms with Crippen LogP contribution in [0.1, 0.15) is 5.56 Å². The van der Waals surface area contributed by atoms with Crippen LogP contribution in [0.25, 0.3) is 0 Å². The quantitative estimate of drug-likeness (QED) is 0.836. The fourth-order valence-electron chi connectivity index (χ4n) is 1.64. The molecule has 0 atom stereocenters. The summed E-state index contributed by atoms with van der Waals surface area (Å²) < 4.78 is 16.5. The summed E-state index contributed by atoms with van der Waals surface area (Å²) in [6.07, 6.45) is 0.213. The van der Waals surface area contributed by atoms with Crippen molar-refractivity contribution in [3.8, 4) is 17.2 Å². The minimum atomic E-state index is 0.213. The molecular formula is C12H17NO3. The lowest BCUT2D eigenvalue weighted by molar-refractivity contribution is 0.132. The lowest BCUT2D eigenvalue weighted by Gasteiger charge is -2.29. The van der Waals surface area contributed by atoms with Gasteiger partial charge in [-0.15, -0.1) is 0 Å². The molecule has 0 amide bonds. The van der Waals surface area contributed by atoms with Gasteiger partial charge in [-0.05, 0) is 24.6 Å². The zero-order valence-corrected chi connectivity index (χ0v) is 9.87. The van der Waals surface area contributed by atoms with Crippen molar-refractivity contribution in [2.24, 2.45) is 0 Å². The number of hydrogen-bond donors (Lipinski definition) is 1. The summed E-state index contributed by atoms with van der Waals surface area (Å²) in [5.41, 5.74) is 1.09. The number of aryl methyl sites for hydroxylation is 1. The van der Waals surface area contributed by atoms with E-state index in [1.54, 1.807) is 14.2 Å². The second-order valence-electron chi connectivity index (χ2n) is 3.90. The molecule has 0 saturated carbocycles. The highest BCUT2D eigenvalue weighted by atomic mass is 16.5. The Balaban J connectivity index is 2.30. The molecule has 16 heavy (non-hydrogen) atoms. The van der Waals surface area contributed by atoms with Crippen LogP contribution in [-0.4, -0.2) is 33.4 Å². The zero-order valence-electron chi connectivity index (χ0n) is 9.87. The van der Waals surface area contributed by atoms with Gasteiger partial charge in [-0.3, -0.25) is 0 Å². The highest BCUT2D eigenvalue weighted by Crippen LogP contribution is 2.39. The van der Waals surface area contributed by atoms with Crippen molar-refractivity contribution >= 4 is 0 Å². The van der Waals surface area contributed by atoms with Crippen LogP contribution in [0.4, 0.5) is 0 Å². The molecule has 1 heterocycles. The Labute approximate surface area is 95.5 Å². The smallest absolute Gasteiger partial charge is 0.203 e. The fraction of sp³-hybridized carbons (Fsp3) is 0.500. The van der Waals surface area contributed by atoms with Crippen molar-refractivity contribution in [1.29, 1.82) is 0 Å². The predicted octanol–water partition coefficient (Wildman–Crippen LogP) is 1.36. The summed E-state index contributed by atoms with van der Waals surface area (Å²) >= 11 is 0. The monoisotopic (exact) mass is 223 g/mol. The summed E-state index contributed by atoms with van der Waals surface area (Å²) in [6, 6.07) is 3.90. The maximum absolute atomic E-state index is 5.84. The third-order valence-corrected chi connectivity index (χ3v) is 2.63. The van der Waals surface area contributed by atoms with Crippen LogP contribution >= 0.6 is 0 Å². The lowest BCUT2D eigenvalue weighted by Crippen LogP contribution is -2.50. The Bertz CT molecular complexity index is 350. The summed E-state index contributed by atoms with van der Waals surface area (Å²) in [5.74, 6) is 2.15. The van der Waals surface area contributed by atoms with Gasteiger partial charge in [0.05, 0.1) is 14.2 Å². The molecule has 1 aromatic carbocycles. The molecule has 1 N–H and O–H groups in total. The van der Waals surface area contributed by atoms with Gasteiger partial charge in [0, 0.05) is 13.1 Å². The summed E-state index contributed by atoms with van der Waals surface area (Å²) in [5, 5.41) is 3.16. The molecule has 0 bridgehead atoms. The number of ether oxygens (including phenoxy) is 3. The van der Waals surface area contributed by atoms with E-state index in [-0.39, 0.29) is 6.10 Å². The van der Waals surface area contributed by atoms with Gasteiger partial charge < -0.3 is 19.5 Å². The molecule has 0 aromatic heterocycles. The van der Waals surface area contributed by atoms with Gasteiger partial charge in [-0.2, -0.15) is 0 Å². The Morgan fingerprint density at radius 1 is 1.12 bits per heavy atom. The Morgan fingerprint density at radius 2 is 1.69 bits per heavy atom. The third kappa shape index (κ3) is 2.07. The van der Waals surface area contributed by atoms with E-state index < -0.39 is 0 Å². The number of hydrogen-bond acceptors (Lipinski definition) is 4. The first-order valence-corrected chi connectivity index (χ1v) is 5.34. The van der Waals surface area contributed by atoms with Crippen LogP contribution in [0, 0.1) is 6.92 Å². The Kier molecular flexibility index (Phi) is 3.19. The van der Waals surface area contributed by atoms with Crippen molar-refractivity contribution in [2.75, 3.05) is 27.3 Å². The number of benzene rings is 1. The van der Waals surface area contributed by atoms with E-state index in [2.05, 4.69) is 5.32 Å². The molecule has 1 aromatic rings. The van der Waals surface area contributed by atoms with Gasteiger partial charge in [0.1, 0.15) is 6.10 Å². The molecule has 0 aliphatic carbocycles. The number of methoxy groups -OCH3 is 2. The molecule has 4 nitrogen and oxygen atoms in total. The lowest BCUT2D eigenvalue weighted by atomic mass is 10.2. The molecule has 4 heteroatoms. The molecule has 0 spiro atoms. The molecular weight excluding hydrogens is 206 g/mol.